The third-order valence-corrected chi connectivity index (χ3v) is 4.52. The van der Waals surface area contributed by atoms with Gasteiger partial charge in [0.1, 0.15) is 18.0 Å². The third kappa shape index (κ3) is 2.16. The monoisotopic (exact) mass is 262 g/mol. The molecule has 5 nitrogen and oxygen atoms in total. The van der Waals surface area contributed by atoms with Crippen molar-refractivity contribution < 1.29 is 5.11 Å². The van der Waals surface area contributed by atoms with Gasteiger partial charge in [0.15, 0.2) is 0 Å². The van der Waals surface area contributed by atoms with Crippen molar-refractivity contribution in [2.75, 3.05) is 29.9 Å². The first-order valence-electron chi connectivity index (χ1n) is 7.19. The highest BCUT2D eigenvalue weighted by molar-refractivity contribution is 5.58. The van der Waals surface area contributed by atoms with E-state index in [1.165, 1.54) is 0 Å². The number of nitrogens with zero attached hydrogens (tertiary/aromatic N) is 3. The lowest BCUT2D eigenvalue weighted by atomic mass is 10.00. The Labute approximate surface area is 114 Å². The number of fused-ring (bicyclic) bond motifs is 1. The maximum atomic E-state index is 10.0. The molecule has 1 aromatic heterocycles. The molecule has 1 aromatic rings. The lowest BCUT2D eigenvalue weighted by Gasteiger charge is -2.22. The molecule has 0 spiro atoms. The second-order valence-corrected chi connectivity index (χ2v) is 5.67. The Hall–Kier alpha value is -1.36. The summed E-state index contributed by atoms with van der Waals surface area (Å²) in [7, 11) is 0. The maximum absolute atomic E-state index is 10.0. The van der Waals surface area contributed by atoms with Gasteiger partial charge in [-0.25, -0.2) is 9.97 Å². The number of nitrogens with one attached hydrogen (secondary N) is 1. The number of hydrogen-bond acceptors (Lipinski definition) is 5. The molecule has 19 heavy (non-hydrogen) atoms. The van der Waals surface area contributed by atoms with Crippen LogP contribution in [0.15, 0.2) is 6.33 Å². The average Bonchev–Trinajstić information content (AvgIpc) is 2.95. The first kappa shape index (κ1) is 12.7. The first-order chi connectivity index (χ1) is 9.20. The Kier molecular flexibility index (Phi) is 3.31. The van der Waals surface area contributed by atoms with Crippen LogP contribution in [0.2, 0.25) is 0 Å². The summed E-state index contributed by atoms with van der Waals surface area (Å²) < 4.78 is 0. The third-order valence-electron chi connectivity index (χ3n) is 4.52. The standard InChI is InChI=1S/C14H22N4O/c1-3-15-13-9(2)14(17-8-16-13)18-6-10-4-5-12(19)11(10)7-18/h8,10-12,19H,3-7H2,1-2H3,(H,15,16,17). The molecule has 5 heteroatoms. The molecule has 1 saturated carbocycles. The molecule has 3 atom stereocenters. The molecule has 3 rings (SSSR count). The van der Waals surface area contributed by atoms with Crippen LogP contribution in [-0.4, -0.2) is 40.8 Å². The van der Waals surface area contributed by atoms with Crippen molar-refractivity contribution in [2.45, 2.75) is 32.8 Å². The van der Waals surface area contributed by atoms with E-state index in [1.807, 2.05) is 0 Å². The Morgan fingerprint density at radius 1 is 1.37 bits per heavy atom. The highest BCUT2D eigenvalue weighted by atomic mass is 16.3. The van der Waals surface area contributed by atoms with Crippen molar-refractivity contribution in [3.05, 3.63) is 11.9 Å². The second-order valence-electron chi connectivity index (χ2n) is 5.67. The predicted molar refractivity (Wildman–Crippen MR) is 75.4 cm³/mol. The zero-order valence-electron chi connectivity index (χ0n) is 11.6. The molecule has 104 valence electrons. The van der Waals surface area contributed by atoms with Crippen molar-refractivity contribution in [1.82, 2.24) is 9.97 Å². The lowest BCUT2D eigenvalue weighted by Crippen LogP contribution is -2.26. The van der Waals surface area contributed by atoms with E-state index in [2.05, 4.69) is 34.0 Å². The van der Waals surface area contributed by atoms with Gasteiger partial charge in [-0.15, -0.1) is 0 Å². The molecular formula is C14H22N4O. The summed E-state index contributed by atoms with van der Waals surface area (Å²) in [6.45, 7) is 6.94. The smallest absolute Gasteiger partial charge is 0.137 e. The summed E-state index contributed by atoms with van der Waals surface area (Å²) in [5, 5.41) is 13.3. The fourth-order valence-corrected chi connectivity index (χ4v) is 3.51. The minimum absolute atomic E-state index is 0.120. The van der Waals surface area contributed by atoms with Gasteiger partial charge in [-0.2, -0.15) is 0 Å². The maximum Gasteiger partial charge on any atom is 0.137 e. The SMILES string of the molecule is CCNc1ncnc(N2CC3CCC(O)C3C2)c1C. The molecule has 0 bridgehead atoms. The molecule has 1 aliphatic heterocycles. The van der Waals surface area contributed by atoms with Crippen molar-refractivity contribution in [3.63, 3.8) is 0 Å². The molecular weight excluding hydrogens is 240 g/mol. The Bertz CT molecular complexity index is 465. The van der Waals surface area contributed by atoms with Crippen molar-refractivity contribution in [2.24, 2.45) is 11.8 Å². The van der Waals surface area contributed by atoms with E-state index in [0.717, 1.165) is 49.7 Å². The molecule has 2 heterocycles. The molecule has 0 aromatic carbocycles. The van der Waals surface area contributed by atoms with Crippen LogP contribution < -0.4 is 10.2 Å². The fraction of sp³-hybridized carbons (Fsp3) is 0.714. The summed E-state index contributed by atoms with van der Waals surface area (Å²) in [5.41, 5.74) is 1.11. The van der Waals surface area contributed by atoms with Crippen LogP contribution in [0.3, 0.4) is 0 Å². The van der Waals surface area contributed by atoms with Gasteiger partial charge in [-0.1, -0.05) is 0 Å². The lowest BCUT2D eigenvalue weighted by molar-refractivity contribution is 0.133. The van der Waals surface area contributed by atoms with Crippen molar-refractivity contribution in [1.29, 1.82) is 0 Å². The Morgan fingerprint density at radius 2 is 2.21 bits per heavy atom. The highest BCUT2D eigenvalue weighted by Gasteiger charge is 2.42. The normalized spacial score (nSPS) is 29.6. The quantitative estimate of drug-likeness (QED) is 0.863. The molecule has 3 unspecified atom stereocenters. The average molecular weight is 262 g/mol. The van der Waals surface area contributed by atoms with Crippen LogP contribution in [0.1, 0.15) is 25.3 Å². The van der Waals surface area contributed by atoms with Gasteiger partial charge in [-0.05, 0) is 32.6 Å². The van der Waals surface area contributed by atoms with Gasteiger partial charge in [0, 0.05) is 31.1 Å². The molecule has 0 radical (unpaired) electrons. The number of rotatable bonds is 3. The van der Waals surface area contributed by atoms with Crippen LogP contribution >= 0.6 is 0 Å². The molecule has 1 saturated heterocycles. The van der Waals surface area contributed by atoms with Gasteiger partial charge in [-0.3, -0.25) is 0 Å². The van der Waals surface area contributed by atoms with Crippen LogP contribution in [0, 0.1) is 18.8 Å². The summed E-state index contributed by atoms with van der Waals surface area (Å²) in [6.07, 6.45) is 3.62. The van der Waals surface area contributed by atoms with E-state index >= 15 is 0 Å². The fourth-order valence-electron chi connectivity index (χ4n) is 3.51. The Balaban J connectivity index is 1.82. The highest BCUT2D eigenvalue weighted by Crippen LogP contribution is 2.40. The zero-order chi connectivity index (χ0) is 13.4. The number of hydrogen-bond donors (Lipinski definition) is 2. The van der Waals surface area contributed by atoms with E-state index in [4.69, 9.17) is 0 Å². The van der Waals surface area contributed by atoms with Crippen molar-refractivity contribution in [3.8, 4) is 0 Å². The van der Waals surface area contributed by atoms with E-state index in [9.17, 15) is 5.11 Å². The van der Waals surface area contributed by atoms with Gasteiger partial charge >= 0.3 is 0 Å². The van der Waals surface area contributed by atoms with Gasteiger partial charge in [0.25, 0.3) is 0 Å². The largest absolute Gasteiger partial charge is 0.393 e. The second kappa shape index (κ2) is 4.96. The van der Waals surface area contributed by atoms with Gasteiger partial charge < -0.3 is 15.3 Å². The summed E-state index contributed by atoms with van der Waals surface area (Å²) in [6, 6.07) is 0. The first-order valence-corrected chi connectivity index (χ1v) is 7.19. The van der Waals surface area contributed by atoms with Crippen LogP contribution in [0.25, 0.3) is 0 Å². The van der Waals surface area contributed by atoms with Crippen LogP contribution in [0.5, 0.6) is 0 Å². The van der Waals surface area contributed by atoms with Gasteiger partial charge in [0.05, 0.1) is 6.10 Å². The van der Waals surface area contributed by atoms with Crippen LogP contribution in [-0.2, 0) is 0 Å². The van der Waals surface area contributed by atoms with Crippen molar-refractivity contribution >= 4 is 11.6 Å². The summed E-state index contributed by atoms with van der Waals surface area (Å²) >= 11 is 0. The molecule has 2 N–H and O–H groups in total. The van der Waals surface area contributed by atoms with Gasteiger partial charge in [0.2, 0.25) is 0 Å². The topological polar surface area (TPSA) is 61.3 Å². The van der Waals surface area contributed by atoms with Crippen LogP contribution in [0.4, 0.5) is 11.6 Å². The molecule has 1 aliphatic carbocycles. The number of aliphatic hydroxyl groups excluding tert-OH is 1. The van der Waals surface area contributed by atoms with E-state index in [-0.39, 0.29) is 6.10 Å². The summed E-state index contributed by atoms with van der Waals surface area (Å²) in [4.78, 5) is 11.1. The minimum Gasteiger partial charge on any atom is -0.393 e. The summed E-state index contributed by atoms with van der Waals surface area (Å²) in [5.74, 6) is 3.00. The number of anilines is 2. The van der Waals surface area contributed by atoms with E-state index in [0.29, 0.717) is 11.8 Å². The van der Waals surface area contributed by atoms with E-state index in [1.54, 1.807) is 6.33 Å². The molecule has 2 fully saturated rings. The minimum atomic E-state index is -0.120. The predicted octanol–water partition coefficient (Wildman–Crippen LogP) is 1.42. The van der Waals surface area contributed by atoms with E-state index < -0.39 is 0 Å². The number of aliphatic hydroxyl groups is 1. The molecule has 2 aliphatic rings. The Morgan fingerprint density at radius 3 is 2.95 bits per heavy atom. The number of aromatic nitrogens is 2. The molecule has 0 amide bonds. The zero-order valence-corrected chi connectivity index (χ0v) is 11.6.